The van der Waals surface area contributed by atoms with Gasteiger partial charge >= 0.3 is 5.97 Å². The van der Waals surface area contributed by atoms with Crippen molar-refractivity contribution >= 4 is 23.2 Å². The highest BCUT2D eigenvalue weighted by Gasteiger charge is 2.34. The first-order valence-corrected chi connectivity index (χ1v) is 8.00. The lowest BCUT2D eigenvalue weighted by molar-refractivity contribution is -0.148. The maximum absolute atomic E-state index is 12.2. The van der Waals surface area contributed by atoms with Crippen molar-refractivity contribution in [2.75, 3.05) is 6.54 Å². The van der Waals surface area contributed by atoms with Gasteiger partial charge in [-0.15, -0.1) is 11.3 Å². The predicted octanol–water partition coefficient (Wildman–Crippen LogP) is 1.42. The van der Waals surface area contributed by atoms with Crippen LogP contribution in [0.4, 0.5) is 0 Å². The smallest absolute Gasteiger partial charge is 0.326 e. The summed E-state index contributed by atoms with van der Waals surface area (Å²) in [5, 5.41) is 11.8. The number of nitrogens with zero attached hydrogens (tertiary/aromatic N) is 2. The van der Waals surface area contributed by atoms with Gasteiger partial charge in [0.2, 0.25) is 5.91 Å². The molecule has 2 rings (SSSR count). The molecular weight excluding hydrogens is 290 g/mol. The van der Waals surface area contributed by atoms with Crippen molar-refractivity contribution in [3.8, 4) is 0 Å². The molecule has 1 aliphatic rings. The third-order valence-corrected chi connectivity index (χ3v) is 4.76. The highest BCUT2D eigenvalue weighted by molar-refractivity contribution is 7.09. The molecule has 0 aliphatic carbocycles. The third-order valence-electron chi connectivity index (χ3n) is 3.76. The number of amides is 1. The molecule has 2 atom stereocenters. The van der Waals surface area contributed by atoms with Crippen LogP contribution in [0, 0.1) is 5.92 Å². The van der Waals surface area contributed by atoms with Gasteiger partial charge in [-0.1, -0.05) is 13.8 Å². The molecule has 116 valence electrons. The molecule has 0 aromatic carbocycles. The maximum atomic E-state index is 12.2. The summed E-state index contributed by atoms with van der Waals surface area (Å²) in [4.78, 5) is 29.2. The summed E-state index contributed by atoms with van der Waals surface area (Å²) in [5.41, 5.74) is 6.71. The molecule has 2 unspecified atom stereocenters. The summed E-state index contributed by atoms with van der Waals surface area (Å²) >= 11 is 1.45. The van der Waals surface area contributed by atoms with Crippen LogP contribution >= 0.6 is 11.3 Å². The van der Waals surface area contributed by atoms with Crippen LogP contribution in [0.3, 0.4) is 0 Å². The minimum absolute atomic E-state index is 0.127. The van der Waals surface area contributed by atoms with Crippen molar-refractivity contribution < 1.29 is 14.7 Å². The van der Waals surface area contributed by atoms with Gasteiger partial charge in [-0.25, -0.2) is 9.78 Å². The molecule has 6 nitrogen and oxygen atoms in total. The fraction of sp³-hybridized carbons (Fsp3) is 0.643. The Morgan fingerprint density at radius 1 is 1.57 bits per heavy atom. The summed E-state index contributed by atoms with van der Waals surface area (Å²) in [6, 6.07) is -0.814. The molecule has 0 saturated carbocycles. The molecule has 0 radical (unpaired) electrons. The van der Waals surface area contributed by atoms with E-state index in [1.807, 2.05) is 19.2 Å². The average Bonchev–Trinajstić information content (AvgIpc) is 3.06. The Kier molecular flexibility index (Phi) is 4.95. The number of nitrogens with two attached hydrogens (primary N) is 1. The lowest BCUT2D eigenvalue weighted by Gasteiger charge is -2.20. The lowest BCUT2D eigenvalue weighted by atomic mass is 10.1. The zero-order chi connectivity index (χ0) is 15.6. The van der Waals surface area contributed by atoms with Crippen molar-refractivity contribution in [2.24, 2.45) is 11.7 Å². The fourth-order valence-electron chi connectivity index (χ4n) is 2.42. The Balaban J connectivity index is 2.01. The molecule has 0 bridgehead atoms. The Morgan fingerprint density at radius 2 is 2.29 bits per heavy atom. The van der Waals surface area contributed by atoms with Crippen LogP contribution in [0.15, 0.2) is 5.38 Å². The highest BCUT2D eigenvalue weighted by atomic mass is 32.1. The molecule has 1 saturated heterocycles. The topological polar surface area (TPSA) is 96.5 Å². The molecule has 0 spiro atoms. The van der Waals surface area contributed by atoms with Crippen LogP contribution in [0.2, 0.25) is 0 Å². The first kappa shape index (κ1) is 15.9. The van der Waals surface area contributed by atoms with Gasteiger partial charge in [-0.3, -0.25) is 4.79 Å². The second kappa shape index (κ2) is 6.53. The molecule has 3 N–H and O–H groups in total. The molecule has 2 heterocycles. The van der Waals surface area contributed by atoms with Crippen LogP contribution in [-0.4, -0.2) is 39.5 Å². The second-order valence-electron chi connectivity index (χ2n) is 5.71. The number of thiazole rings is 1. The average molecular weight is 311 g/mol. The minimum atomic E-state index is -0.929. The number of hydrogen-bond donors (Lipinski definition) is 2. The van der Waals surface area contributed by atoms with E-state index in [9.17, 15) is 9.59 Å². The lowest BCUT2D eigenvalue weighted by Crippen LogP contribution is -2.41. The summed E-state index contributed by atoms with van der Waals surface area (Å²) in [7, 11) is 0. The highest BCUT2D eigenvalue weighted by Crippen LogP contribution is 2.24. The van der Waals surface area contributed by atoms with Gasteiger partial charge < -0.3 is 15.7 Å². The van der Waals surface area contributed by atoms with Gasteiger partial charge in [0.15, 0.2) is 0 Å². The quantitative estimate of drug-likeness (QED) is 0.857. The molecule has 1 amide bonds. The van der Waals surface area contributed by atoms with E-state index in [0.717, 1.165) is 11.4 Å². The van der Waals surface area contributed by atoms with Crippen molar-refractivity contribution in [2.45, 2.75) is 45.2 Å². The largest absolute Gasteiger partial charge is 0.480 e. The fourth-order valence-corrected chi connectivity index (χ4v) is 3.41. The van der Waals surface area contributed by atoms with E-state index in [2.05, 4.69) is 4.98 Å². The summed E-state index contributed by atoms with van der Waals surface area (Å²) in [6.45, 7) is 4.56. The zero-order valence-corrected chi connectivity index (χ0v) is 13.1. The van der Waals surface area contributed by atoms with Crippen LogP contribution in [0.1, 0.15) is 43.4 Å². The molecule has 1 aliphatic heterocycles. The van der Waals surface area contributed by atoms with Crippen molar-refractivity contribution in [1.29, 1.82) is 0 Å². The van der Waals surface area contributed by atoms with Gasteiger partial charge in [-0.05, 0) is 18.8 Å². The predicted molar refractivity (Wildman–Crippen MR) is 80.0 cm³/mol. The Bertz CT molecular complexity index is 529. The van der Waals surface area contributed by atoms with E-state index in [0.29, 0.717) is 18.7 Å². The number of aromatic nitrogens is 1. The molecule has 21 heavy (non-hydrogen) atoms. The van der Waals surface area contributed by atoms with Crippen LogP contribution < -0.4 is 5.73 Å². The van der Waals surface area contributed by atoms with E-state index in [1.54, 1.807) is 0 Å². The second-order valence-corrected chi connectivity index (χ2v) is 6.60. The molecule has 1 aromatic heterocycles. The maximum Gasteiger partial charge on any atom is 0.326 e. The van der Waals surface area contributed by atoms with Crippen LogP contribution in [0.25, 0.3) is 0 Å². The monoisotopic (exact) mass is 311 g/mol. The van der Waals surface area contributed by atoms with Gasteiger partial charge in [0, 0.05) is 11.9 Å². The van der Waals surface area contributed by atoms with E-state index >= 15 is 0 Å². The first-order chi connectivity index (χ1) is 9.90. The van der Waals surface area contributed by atoms with E-state index < -0.39 is 12.0 Å². The number of rotatable bonds is 5. The number of carbonyl (C=O) groups is 2. The number of hydrogen-bond acceptors (Lipinski definition) is 5. The van der Waals surface area contributed by atoms with E-state index in [-0.39, 0.29) is 24.3 Å². The normalized spacial score (nSPS) is 20.0. The van der Waals surface area contributed by atoms with E-state index in [4.69, 9.17) is 10.8 Å². The van der Waals surface area contributed by atoms with Crippen molar-refractivity contribution in [3.05, 3.63) is 16.1 Å². The van der Waals surface area contributed by atoms with E-state index in [1.165, 1.54) is 16.2 Å². The number of carbonyl (C=O) groups excluding carboxylic acids is 1. The van der Waals surface area contributed by atoms with Gasteiger partial charge in [0.25, 0.3) is 0 Å². The van der Waals surface area contributed by atoms with Gasteiger partial charge in [-0.2, -0.15) is 0 Å². The van der Waals surface area contributed by atoms with Crippen molar-refractivity contribution in [3.63, 3.8) is 0 Å². The number of carboxylic acid groups (broad SMARTS) is 1. The molecule has 7 heteroatoms. The third kappa shape index (κ3) is 3.59. The Hall–Kier alpha value is -1.47. The summed E-state index contributed by atoms with van der Waals surface area (Å²) < 4.78 is 0. The SMILES string of the molecule is CC(C)C(N)c1nc(CC(=O)N2CCCC2C(=O)O)cs1. The van der Waals surface area contributed by atoms with Crippen LogP contribution in [-0.2, 0) is 16.0 Å². The van der Waals surface area contributed by atoms with Gasteiger partial charge in [0.05, 0.1) is 18.2 Å². The van der Waals surface area contributed by atoms with Crippen molar-refractivity contribution in [1.82, 2.24) is 9.88 Å². The standard InChI is InChI=1S/C14H21N3O3S/c1-8(2)12(15)13-16-9(7-21-13)6-11(18)17-5-3-4-10(17)14(19)20/h7-8,10,12H,3-6,15H2,1-2H3,(H,19,20). The number of carboxylic acids is 1. The Morgan fingerprint density at radius 3 is 2.90 bits per heavy atom. The Labute approximate surface area is 128 Å². The summed E-state index contributed by atoms with van der Waals surface area (Å²) in [6.07, 6.45) is 1.41. The molecule has 1 aromatic rings. The van der Waals surface area contributed by atoms with Crippen LogP contribution in [0.5, 0.6) is 0 Å². The number of aliphatic carboxylic acids is 1. The molecular formula is C14H21N3O3S. The molecule has 1 fully saturated rings. The minimum Gasteiger partial charge on any atom is -0.480 e. The number of likely N-dealkylation sites (tertiary alicyclic amines) is 1. The van der Waals surface area contributed by atoms with Gasteiger partial charge in [0.1, 0.15) is 11.0 Å². The first-order valence-electron chi connectivity index (χ1n) is 7.12. The zero-order valence-electron chi connectivity index (χ0n) is 12.3. The summed E-state index contributed by atoms with van der Waals surface area (Å²) in [5.74, 6) is -0.814.